The smallest absolute Gasteiger partial charge is 0.416 e. The largest absolute Gasteiger partial charge is 0.485 e. The Kier molecular flexibility index (Phi) is 7.42. The molecule has 1 fully saturated rings. The van der Waals surface area contributed by atoms with Crippen LogP contribution in [-0.2, 0) is 12.8 Å². The van der Waals surface area contributed by atoms with Crippen molar-refractivity contribution < 1.29 is 22.7 Å². The quantitative estimate of drug-likeness (QED) is 0.472. The van der Waals surface area contributed by atoms with Crippen molar-refractivity contribution >= 4 is 23.3 Å². The fourth-order valence-corrected chi connectivity index (χ4v) is 4.40. The first-order valence-electron chi connectivity index (χ1n) is 11.4. The number of carbonyl (C=O) groups excluding carboxylic acids is 1. The van der Waals surface area contributed by atoms with Crippen molar-refractivity contribution in [2.75, 3.05) is 18.8 Å². The zero-order chi connectivity index (χ0) is 26.0. The molecule has 3 N–H and O–H groups in total. The van der Waals surface area contributed by atoms with Crippen molar-refractivity contribution in [3.8, 4) is 16.9 Å². The second-order valence-electron chi connectivity index (χ2n) is 8.96. The molecule has 2 aromatic carbocycles. The van der Waals surface area contributed by atoms with Crippen LogP contribution in [0.2, 0.25) is 5.02 Å². The number of ether oxygens (including phenoxy) is 1. The Morgan fingerprint density at radius 2 is 1.78 bits per heavy atom. The average molecular weight is 519 g/mol. The number of nitrogens with zero attached hydrogens (tertiary/aromatic N) is 2. The summed E-state index contributed by atoms with van der Waals surface area (Å²) in [7, 11) is 0. The summed E-state index contributed by atoms with van der Waals surface area (Å²) in [6.45, 7) is 5.17. The molecular formula is C26H26ClF3N4O2. The van der Waals surface area contributed by atoms with Gasteiger partial charge in [-0.05, 0) is 55.8 Å². The van der Waals surface area contributed by atoms with Gasteiger partial charge in [-0.1, -0.05) is 23.7 Å². The molecule has 2 atom stereocenters. The van der Waals surface area contributed by atoms with E-state index < -0.39 is 11.7 Å². The predicted molar refractivity (Wildman–Crippen MR) is 133 cm³/mol. The lowest BCUT2D eigenvalue weighted by Crippen LogP contribution is -2.55. The third-order valence-corrected chi connectivity index (χ3v) is 6.32. The molecule has 0 aliphatic carbocycles. The summed E-state index contributed by atoms with van der Waals surface area (Å²) in [5.41, 5.74) is 7.34. The summed E-state index contributed by atoms with van der Waals surface area (Å²) in [6.07, 6.45) is -2.93. The van der Waals surface area contributed by atoms with E-state index in [0.717, 1.165) is 17.7 Å². The summed E-state index contributed by atoms with van der Waals surface area (Å²) in [6, 6.07) is 12.3. The highest BCUT2D eigenvalue weighted by Gasteiger charge is 2.31. The van der Waals surface area contributed by atoms with E-state index in [1.807, 2.05) is 30.9 Å². The van der Waals surface area contributed by atoms with Gasteiger partial charge in [0.25, 0.3) is 5.91 Å². The van der Waals surface area contributed by atoms with Crippen LogP contribution in [0.5, 0.6) is 5.75 Å². The van der Waals surface area contributed by atoms with Crippen LogP contribution in [0.15, 0.2) is 54.7 Å². The molecule has 190 valence electrons. The molecule has 2 heterocycles. The van der Waals surface area contributed by atoms with Crippen molar-refractivity contribution in [1.29, 1.82) is 0 Å². The summed E-state index contributed by atoms with van der Waals surface area (Å²) >= 11 is 6.06. The number of rotatable bonds is 5. The topological polar surface area (TPSA) is 80.5 Å². The fraction of sp³-hybridized carbons (Fsp3) is 0.308. The SMILES string of the molecule is CC1CN(C(=O)c2ccc(-c3cnc(N)c(OCc4cc(C(F)(F)F)ccc4Cl)c3)cc2)CC(C)N1. The molecule has 0 spiro atoms. The fourth-order valence-electron chi connectivity index (χ4n) is 4.23. The maximum atomic E-state index is 13.0. The number of nitrogens with two attached hydrogens (primary N) is 1. The molecule has 1 aliphatic heterocycles. The standard InChI is InChI=1S/C26H26ClF3N4O2/c1-15-12-34(13-16(2)33-15)25(35)18-5-3-17(4-6-18)19-10-23(24(31)32-11-19)36-14-20-9-21(26(28,29)30)7-8-22(20)27/h3-11,15-16,33H,12-14H2,1-2H3,(H2,31,32). The van der Waals surface area contributed by atoms with Gasteiger partial charge in [-0.15, -0.1) is 0 Å². The molecule has 36 heavy (non-hydrogen) atoms. The van der Waals surface area contributed by atoms with Crippen LogP contribution in [0.4, 0.5) is 19.0 Å². The molecule has 2 unspecified atom stereocenters. The number of benzene rings is 2. The second kappa shape index (κ2) is 10.4. The van der Waals surface area contributed by atoms with Gasteiger partial charge < -0.3 is 20.7 Å². The van der Waals surface area contributed by atoms with Crippen LogP contribution in [-0.4, -0.2) is 41.0 Å². The van der Waals surface area contributed by atoms with Crippen LogP contribution < -0.4 is 15.8 Å². The lowest BCUT2D eigenvalue weighted by atomic mass is 10.0. The molecule has 1 aromatic heterocycles. The van der Waals surface area contributed by atoms with Crippen molar-refractivity contribution in [2.24, 2.45) is 0 Å². The zero-order valence-corrected chi connectivity index (χ0v) is 20.5. The van der Waals surface area contributed by atoms with Crippen molar-refractivity contribution in [1.82, 2.24) is 15.2 Å². The van der Waals surface area contributed by atoms with Crippen molar-refractivity contribution in [3.63, 3.8) is 0 Å². The molecule has 1 aliphatic rings. The van der Waals surface area contributed by atoms with E-state index in [4.69, 9.17) is 22.1 Å². The van der Waals surface area contributed by atoms with Gasteiger partial charge in [0.05, 0.1) is 5.56 Å². The number of amides is 1. The van der Waals surface area contributed by atoms with Gasteiger partial charge in [-0.2, -0.15) is 13.2 Å². The normalized spacial score (nSPS) is 18.2. The Morgan fingerprint density at radius 3 is 2.42 bits per heavy atom. The van der Waals surface area contributed by atoms with Crippen LogP contribution in [0.3, 0.4) is 0 Å². The van der Waals surface area contributed by atoms with E-state index in [0.29, 0.717) is 24.2 Å². The minimum Gasteiger partial charge on any atom is -0.485 e. The average Bonchev–Trinajstić information content (AvgIpc) is 2.83. The van der Waals surface area contributed by atoms with Crippen molar-refractivity contribution in [3.05, 3.63) is 76.4 Å². The highest BCUT2D eigenvalue weighted by molar-refractivity contribution is 6.31. The summed E-state index contributed by atoms with van der Waals surface area (Å²) in [5, 5.41) is 3.56. The number of alkyl halides is 3. The summed E-state index contributed by atoms with van der Waals surface area (Å²) in [4.78, 5) is 18.9. The second-order valence-corrected chi connectivity index (χ2v) is 9.36. The summed E-state index contributed by atoms with van der Waals surface area (Å²) < 4.78 is 44.8. The Bertz CT molecular complexity index is 1240. The minimum atomic E-state index is -4.49. The van der Waals surface area contributed by atoms with E-state index in [1.165, 1.54) is 6.07 Å². The third kappa shape index (κ3) is 5.91. The Hall–Kier alpha value is -3.30. The maximum Gasteiger partial charge on any atom is 0.416 e. The lowest BCUT2D eigenvalue weighted by Gasteiger charge is -2.36. The number of aromatic nitrogens is 1. The highest BCUT2D eigenvalue weighted by atomic mass is 35.5. The van der Waals surface area contributed by atoms with Gasteiger partial charge in [0.15, 0.2) is 11.6 Å². The van der Waals surface area contributed by atoms with Gasteiger partial charge in [0.1, 0.15) is 6.61 Å². The molecule has 0 bridgehead atoms. The summed E-state index contributed by atoms with van der Waals surface area (Å²) in [5.74, 6) is 0.277. The number of pyridine rings is 1. The first kappa shape index (κ1) is 25.8. The Balaban J connectivity index is 1.49. The number of piperazine rings is 1. The monoisotopic (exact) mass is 518 g/mol. The molecule has 0 radical (unpaired) electrons. The van der Waals surface area contributed by atoms with Gasteiger partial charge in [0.2, 0.25) is 0 Å². The van der Waals surface area contributed by atoms with Crippen LogP contribution in [0.25, 0.3) is 11.1 Å². The Labute approximate surface area is 212 Å². The van der Waals surface area contributed by atoms with E-state index in [-0.39, 0.29) is 46.8 Å². The molecule has 6 nitrogen and oxygen atoms in total. The number of nitrogens with one attached hydrogen (secondary N) is 1. The minimum absolute atomic E-state index is 0.0285. The number of halogens is 4. The first-order valence-corrected chi connectivity index (χ1v) is 11.8. The molecule has 1 amide bonds. The van der Waals surface area contributed by atoms with E-state index in [2.05, 4.69) is 10.3 Å². The maximum absolute atomic E-state index is 13.0. The lowest BCUT2D eigenvalue weighted by molar-refractivity contribution is -0.137. The molecule has 4 rings (SSSR count). The van der Waals surface area contributed by atoms with E-state index >= 15 is 0 Å². The predicted octanol–water partition coefficient (Wildman–Crippen LogP) is 5.40. The van der Waals surface area contributed by atoms with Crippen LogP contribution in [0.1, 0.15) is 35.3 Å². The van der Waals surface area contributed by atoms with Crippen molar-refractivity contribution in [2.45, 2.75) is 38.7 Å². The molecular weight excluding hydrogens is 493 g/mol. The third-order valence-electron chi connectivity index (χ3n) is 5.95. The molecule has 3 aromatic rings. The van der Waals surface area contributed by atoms with Crippen LogP contribution >= 0.6 is 11.6 Å². The molecule has 0 saturated carbocycles. The molecule has 1 saturated heterocycles. The number of hydrogen-bond donors (Lipinski definition) is 2. The zero-order valence-electron chi connectivity index (χ0n) is 19.8. The van der Waals surface area contributed by atoms with E-state index in [9.17, 15) is 18.0 Å². The number of nitrogen functional groups attached to an aromatic ring is 1. The van der Waals surface area contributed by atoms with Crippen LogP contribution in [0, 0.1) is 0 Å². The Morgan fingerprint density at radius 1 is 1.11 bits per heavy atom. The number of anilines is 1. The van der Waals surface area contributed by atoms with Gasteiger partial charge in [-0.3, -0.25) is 4.79 Å². The van der Waals surface area contributed by atoms with Gasteiger partial charge in [-0.25, -0.2) is 4.98 Å². The van der Waals surface area contributed by atoms with Gasteiger partial charge in [0, 0.05) is 53.1 Å². The number of hydrogen-bond acceptors (Lipinski definition) is 5. The van der Waals surface area contributed by atoms with E-state index in [1.54, 1.807) is 24.4 Å². The van der Waals surface area contributed by atoms with Gasteiger partial charge >= 0.3 is 6.18 Å². The highest BCUT2D eigenvalue weighted by Crippen LogP contribution is 2.33. The number of carbonyl (C=O) groups is 1. The molecule has 10 heteroatoms. The first-order chi connectivity index (χ1) is 17.0.